The molecule has 3 aromatic carbocycles. The van der Waals surface area contributed by atoms with Gasteiger partial charge in [-0.2, -0.15) is 0 Å². The van der Waals surface area contributed by atoms with E-state index in [2.05, 4.69) is 5.32 Å². The normalized spacial score (nSPS) is 11.1. The summed E-state index contributed by atoms with van der Waals surface area (Å²) in [6.07, 6.45) is 0. The summed E-state index contributed by atoms with van der Waals surface area (Å²) in [7, 11) is -2.18. The van der Waals surface area contributed by atoms with Gasteiger partial charge in [-0.15, -0.1) is 0 Å². The van der Waals surface area contributed by atoms with Gasteiger partial charge in [0.05, 0.1) is 10.6 Å². The number of aryl methyl sites for hydroxylation is 2. The van der Waals surface area contributed by atoms with Crippen LogP contribution in [0, 0.1) is 13.8 Å². The molecular formula is C23H23ClN2O4S. The summed E-state index contributed by atoms with van der Waals surface area (Å²) < 4.78 is 32.3. The van der Waals surface area contributed by atoms with Crippen molar-refractivity contribution in [1.29, 1.82) is 0 Å². The van der Waals surface area contributed by atoms with E-state index < -0.39 is 10.0 Å². The number of hydrogen-bond acceptors (Lipinski definition) is 4. The van der Waals surface area contributed by atoms with E-state index in [9.17, 15) is 13.2 Å². The van der Waals surface area contributed by atoms with E-state index in [-0.39, 0.29) is 17.4 Å². The van der Waals surface area contributed by atoms with Crippen LogP contribution in [0.25, 0.3) is 0 Å². The highest BCUT2D eigenvalue weighted by atomic mass is 35.5. The van der Waals surface area contributed by atoms with Gasteiger partial charge in [-0.1, -0.05) is 29.3 Å². The molecule has 3 aromatic rings. The van der Waals surface area contributed by atoms with Gasteiger partial charge in [0.15, 0.2) is 6.61 Å². The Hall–Kier alpha value is -3.03. The van der Waals surface area contributed by atoms with Gasteiger partial charge in [0, 0.05) is 17.8 Å². The molecule has 0 aliphatic rings. The van der Waals surface area contributed by atoms with Crippen LogP contribution in [0.2, 0.25) is 5.02 Å². The van der Waals surface area contributed by atoms with Crippen molar-refractivity contribution in [3.63, 3.8) is 0 Å². The highest BCUT2D eigenvalue weighted by Crippen LogP contribution is 2.25. The van der Waals surface area contributed by atoms with E-state index >= 15 is 0 Å². The van der Waals surface area contributed by atoms with Crippen molar-refractivity contribution in [2.45, 2.75) is 18.7 Å². The number of ether oxygens (including phenoxy) is 1. The van der Waals surface area contributed by atoms with Crippen LogP contribution in [0.15, 0.2) is 71.6 Å². The molecule has 0 fully saturated rings. The minimum absolute atomic E-state index is 0.182. The molecule has 0 spiro atoms. The van der Waals surface area contributed by atoms with Crippen molar-refractivity contribution in [3.05, 3.63) is 82.9 Å². The van der Waals surface area contributed by atoms with Crippen molar-refractivity contribution in [2.75, 3.05) is 23.3 Å². The minimum atomic E-state index is -3.67. The molecule has 0 saturated heterocycles. The molecule has 0 heterocycles. The molecule has 0 aromatic heterocycles. The summed E-state index contributed by atoms with van der Waals surface area (Å²) in [5, 5.41) is 3.37. The number of sulfonamides is 1. The number of amides is 1. The Bertz CT molecular complexity index is 1180. The topological polar surface area (TPSA) is 75.7 Å². The summed E-state index contributed by atoms with van der Waals surface area (Å²) >= 11 is 5.92. The maximum absolute atomic E-state index is 12.8. The fourth-order valence-corrected chi connectivity index (χ4v) is 4.28. The summed E-state index contributed by atoms with van der Waals surface area (Å²) in [5.41, 5.74) is 2.98. The number of halogens is 1. The van der Waals surface area contributed by atoms with Crippen molar-refractivity contribution in [1.82, 2.24) is 0 Å². The van der Waals surface area contributed by atoms with Gasteiger partial charge in [0.2, 0.25) is 0 Å². The van der Waals surface area contributed by atoms with Crippen LogP contribution in [0.3, 0.4) is 0 Å². The second-order valence-electron chi connectivity index (χ2n) is 7.08. The van der Waals surface area contributed by atoms with E-state index in [1.54, 1.807) is 66.7 Å². The first-order valence-corrected chi connectivity index (χ1v) is 11.3. The lowest BCUT2D eigenvalue weighted by Gasteiger charge is -2.20. The lowest BCUT2D eigenvalue weighted by atomic mass is 10.2. The molecule has 1 N–H and O–H groups in total. The van der Waals surface area contributed by atoms with Gasteiger partial charge in [-0.05, 0) is 74.0 Å². The number of carbonyl (C=O) groups excluding carboxylic acids is 1. The number of anilines is 2. The Morgan fingerprint density at radius 3 is 2.26 bits per heavy atom. The summed E-state index contributed by atoms with van der Waals surface area (Å²) in [5.74, 6) is 0.140. The van der Waals surface area contributed by atoms with Gasteiger partial charge in [0.25, 0.3) is 15.9 Å². The average molecular weight is 459 g/mol. The van der Waals surface area contributed by atoms with Crippen LogP contribution in [0.4, 0.5) is 11.4 Å². The third-order valence-electron chi connectivity index (χ3n) is 4.71. The Kier molecular flexibility index (Phi) is 6.87. The van der Waals surface area contributed by atoms with Crippen LogP contribution in [-0.4, -0.2) is 28.0 Å². The maximum Gasteiger partial charge on any atom is 0.264 e. The van der Waals surface area contributed by atoms with Crippen LogP contribution in [0.1, 0.15) is 11.1 Å². The lowest BCUT2D eigenvalue weighted by Crippen LogP contribution is -2.26. The van der Waals surface area contributed by atoms with Gasteiger partial charge >= 0.3 is 0 Å². The zero-order valence-electron chi connectivity index (χ0n) is 17.4. The first kappa shape index (κ1) is 22.7. The van der Waals surface area contributed by atoms with Crippen LogP contribution < -0.4 is 14.4 Å². The zero-order chi connectivity index (χ0) is 22.6. The van der Waals surface area contributed by atoms with Gasteiger partial charge in [-0.3, -0.25) is 9.10 Å². The van der Waals surface area contributed by atoms with Gasteiger partial charge < -0.3 is 10.1 Å². The third kappa shape index (κ3) is 5.57. The molecule has 0 aliphatic heterocycles. The standard InChI is InChI=1S/C23H23ClN2O4S/c1-16-4-11-21(12-5-16)31(28,29)26(3)19-7-9-20(10-8-19)30-15-23(27)25-22-13-6-18(24)14-17(22)2/h4-14H,15H2,1-3H3,(H,25,27). The van der Waals surface area contributed by atoms with Crippen molar-refractivity contribution < 1.29 is 17.9 Å². The molecule has 162 valence electrons. The molecule has 8 heteroatoms. The molecule has 0 bridgehead atoms. The summed E-state index contributed by atoms with van der Waals surface area (Å²) in [6, 6.07) is 18.4. The van der Waals surface area contributed by atoms with Crippen LogP contribution in [0.5, 0.6) is 5.75 Å². The maximum atomic E-state index is 12.8. The van der Waals surface area contributed by atoms with Crippen LogP contribution in [-0.2, 0) is 14.8 Å². The predicted octanol–water partition coefficient (Wildman–Crippen LogP) is 4.80. The lowest BCUT2D eigenvalue weighted by molar-refractivity contribution is -0.118. The van der Waals surface area contributed by atoms with E-state index in [4.69, 9.17) is 16.3 Å². The molecule has 0 radical (unpaired) electrons. The Morgan fingerprint density at radius 2 is 1.65 bits per heavy atom. The second kappa shape index (κ2) is 9.41. The molecule has 0 aliphatic carbocycles. The van der Waals surface area contributed by atoms with E-state index in [1.165, 1.54) is 11.4 Å². The first-order valence-electron chi connectivity index (χ1n) is 9.51. The second-order valence-corrected chi connectivity index (χ2v) is 9.48. The summed E-state index contributed by atoms with van der Waals surface area (Å²) in [6.45, 7) is 3.57. The highest BCUT2D eigenvalue weighted by Gasteiger charge is 2.21. The number of hydrogen-bond donors (Lipinski definition) is 1. The number of rotatable bonds is 7. The fraction of sp³-hybridized carbons (Fsp3) is 0.174. The smallest absolute Gasteiger partial charge is 0.264 e. The Labute approximate surface area is 187 Å². The number of nitrogens with one attached hydrogen (secondary N) is 1. The van der Waals surface area contributed by atoms with Crippen molar-refractivity contribution in [3.8, 4) is 5.75 Å². The molecule has 1 amide bonds. The highest BCUT2D eigenvalue weighted by molar-refractivity contribution is 7.92. The monoisotopic (exact) mass is 458 g/mol. The molecule has 31 heavy (non-hydrogen) atoms. The minimum Gasteiger partial charge on any atom is -0.484 e. The molecule has 0 atom stereocenters. The number of nitrogens with zero attached hydrogens (tertiary/aromatic N) is 1. The Balaban J connectivity index is 1.62. The Morgan fingerprint density at radius 1 is 1.00 bits per heavy atom. The molecule has 3 rings (SSSR count). The predicted molar refractivity (Wildman–Crippen MR) is 124 cm³/mol. The molecule has 0 unspecified atom stereocenters. The van der Waals surface area contributed by atoms with E-state index in [1.807, 2.05) is 13.8 Å². The van der Waals surface area contributed by atoms with E-state index in [0.29, 0.717) is 22.1 Å². The van der Waals surface area contributed by atoms with Gasteiger partial charge in [-0.25, -0.2) is 8.42 Å². The first-order chi connectivity index (χ1) is 14.7. The number of carbonyl (C=O) groups is 1. The third-order valence-corrected chi connectivity index (χ3v) is 6.75. The van der Waals surface area contributed by atoms with Crippen molar-refractivity contribution >= 4 is 38.9 Å². The van der Waals surface area contributed by atoms with E-state index in [0.717, 1.165) is 11.1 Å². The molecule has 0 saturated carbocycles. The largest absolute Gasteiger partial charge is 0.484 e. The molecule has 6 nitrogen and oxygen atoms in total. The fourth-order valence-electron chi connectivity index (χ4n) is 2.86. The average Bonchev–Trinajstić information content (AvgIpc) is 2.74. The van der Waals surface area contributed by atoms with Crippen LogP contribution >= 0.6 is 11.6 Å². The molecular weight excluding hydrogens is 436 g/mol. The quantitative estimate of drug-likeness (QED) is 0.551. The van der Waals surface area contributed by atoms with Crippen molar-refractivity contribution in [2.24, 2.45) is 0 Å². The number of benzene rings is 3. The zero-order valence-corrected chi connectivity index (χ0v) is 19.0. The van der Waals surface area contributed by atoms with Gasteiger partial charge in [0.1, 0.15) is 5.75 Å². The summed E-state index contributed by atoms with van der Waals surface area (Å²) in [4.78, 5) is 12.4. The SMILES string of the molecule is Cc1ccc(S(=O)(=O)N(C)c2ccc(OCC(=O)Nc3ccc(Cl)cc3C)cc2)cc1.